The molecule has 0 aliphatic rings. The van der Waals surface area contributed by atoms with Crippen molar-refractivity contribution < 1.29 is 24.5 Å². The fraction of sp³-hybridized carbons (Fsp3) is 0.353. The van der Waals surface area contributed by atoms with E-state index in [0.29, 0.717) is 11.3 Å². The van der Waals surface area contributed by atoms with Crippen molar-refractivity contribution in [3.05, 3.63) is 54.6 Å². The third kappa shape index (κ3) is 6.11. The second-order valence-corrected chi connectivity index (χ2v) is 4.72. The summed E-state index contributed by atoms with van der Waals surface area (Å²) in [5.41, 5.74) is 0.716. The van der Waals surface area contributed by atoms with Gasteiger partial charge in [0, 0.05) is 12.0 Å². The smallest absolute Gasteiger partial charge is 0.330 e. The minimum absolute atomic E-state index is 0.0475. The quantitative estimate of drug-likeness (QED) is 0.415. The van der Waals surface area contributed by atoms with Crippen molar-refractivity contribution in [2.45, 2.75) is 13.0 Å². The molecule has 0 aliphatic heterocycles. The number of hydrogen-bond acceptors (Lipinski definition) is 5. The molecule has 0 saturated carbocycles. The van der Waals surface area contributed by atoms with Crippen LogP contribution >= 0.6 is 0 Å². The molecule has 0 amide bonds. The molecular weight excluding hydrogens is 284 g/mol. The lowest BCUT2D eigenvalue weighted by molar-refractivity contribution is -0.136. The Hall–Kier alpha value is -2.11. The molecule has 2 N–H and O–H groups in total. The fourth-order valence-electron chi connectivity index (χ4n) is 1.75. The topological polar surface area (TPSA) is 76.0 Å². The first-order chi connectivity index (χ1) is 10.6. The molecule has 0 unspecified atom stereocenters. The van der Waals surface area contributed by atoms with Gasteiger partial charge < -0.3 is 19.7 Å². The molecule has 0 radical (unpaired) electrons. The van der Waals surface area contributed by atoms with E-state index in [1.807, 2.05) is 0 Å². The summed E-state index contributed by atoms with van der Waals surface area (Å²) in [5.74, 6) is -0.0895. The molecule has 1 aromatic rings. The molecule has 0 aliphatic carbocycles. The maximum atomic E-state index is 11.3. The molecule has 0 aromatic heterocycles. The van der Waals surface area contributed by atoms with Gasteiger partial charge in [-0.15, -0.1) is 0 Å². The Morgan fingerprint density at radius 3 is 2.64 bits per heavy atom. The summed E-state index contributed by atoms with van der Waals surface area (Å²) >= 11 is 0. The van der Waals surface area contributed by atoms with Crippen LogP contribution in [0.15, 0.2) is 49.1 Å². The largest absolute Gasteiger partial charge is 0.491 e. The molecule has 0 spiro atoms. The van der Waals surface area contributed by atoms with Gasteiger partial charge in [0.25, 0.3) is 0 Å². The molecule has 5 heteroatoms. The van der Waals surface area contributed by atoms with E-state index < -0.39 is 12.1 Å². The molecule has 0 bridgehead atoms. The summed E-state index contributed by atoms with van der Waals surface area (Å²) in [6.45, 7) is 5.60. The highest BCUT2D eigenvalue weighted by atomic mass is 16.5. The Morgan fingerprint density at radius 1 is 1.36 bits per heavy atom. The Bertz CT molecular complexity index is 492. The second kappa shape index (κ2) is 9.76. The van der Waals surface area contributed by atoms with Gasteiger partial charge in [0.2, 0.25) is 0 Å². The number of carbonyl (C=O) groups is 1. The molecule has 5 nitrogen and oxygen atoms in total. The Labute approximate surface area is 130 Å². The van der Waals surface area contributed by atoms with Gasteiger partial charge in [0.1, 0.15) is 19.0 Å². The van der Waals surface area contributed by atoms with Crippen LogP contribution in [-0.2, 0) is 9.53 Å². The number of aliphatic hydroxyl groups is 2. The van der Waals surface area contributed by atoms with E-state index >= 15 is 0 Å². The highest BCUT2D eigenvalue weighted by Crippen LogP contribution is 2.24. The maximum absolute atomic E-state index is 11.3. The second-order valence-electron chi connectivity index (χ2n) is 4.72. The van der Waals surface area contributed by atoms with Gasteiger partial charge in [-0.05, 0) is 17.7 Å². The molecule has 22 heavy (non-hydrogen) atoms. The molecule has 1 aromatic carbocycles. The first kappa shape index (κ1) is 17.9. The SMILES string of the molecule is C=CCOC(=O)/C=C/[C@H](C)[C@H](O)c1ccc(OCCO)cc1. The molecule has 120 valence electrons. The van der Waals surface area contributed by atoms with Crippen LogP contribution in [0.1, 0.15) is 18.6 Å². The van der Waals surface area contributed by atoms with E-state index in [1.165, 1.54) is 12.2 Å². The maximum Gasteiger partial charge on any atom is 0.330 e. The van der Waals surface area contributed by atoms with Crippen molar-refractivity contribution >= 4 is 5.97 Å². The van der Waals surface area contributed by atoms with E-state index in [2.05, 4.69) is 6.58 Å². The summed E-state index contributed by atoms with van der Waals surface area (Å²) < 4.78 is 10.1. The average molecular weight is 306 g/mol. The lowest BCUT2D eigenvalue weighted by Gasteiger charge is -2.16. The van der Waals surface area contributed by atoms with Gasteiger partial charge in [-0.25, -0.2) is 4.79 Å². The number of carbonyl (C=O) groups excluding carboxylic acids is 1. The van der Waals surface area contributed by atoms with Crippen LogP contribution in [-0.4, -0.2) is 36.0 Å². The van der Waals surface area contributed by atoms with Crippen LogP contribution < -0.4 is 4.74 Å². The van der Waals surface area contributed by atoms with E-state index in [0.717, 1.165) is 0 Å². The van der Waals surface area contributed by atoms with E-state index in [1.54, 1.807) is 37.3 Å². The van der Waals surface area contributed by atoms with Crippen molar-refractivity contribution in [1.82, 2.24) is 0 Å². The Morgan fingerprint density at radius 2 is 2.05 bits per heavy atom. The first-order valence-electron chi connectivity index (χ1n) is 7.06. The summed E-state index contributed by atoms with van der Waals surface area (Å²) in [5, 5.41) is 18.9. The van der Waals surface area contributed by atoms with Crippen molar-refractivity contribution in [2.75, 3.05) is 19.8 Å². The zero-order valence-corrected chi connectivity index (χ0v) is 12.6. The monoisotopic (exact) mass is 306 g/mol. The summed E-state index contributed by atoms with van der Waals surface area (Å²) in [4.78, 5) is 11.3. The molecule has 0 fully saturated rings. The van der Waals surface area contributed by atoms with Crippen LogP contribution in [0.3, 0.4) is 0 Å². The van der Waals surface area contributed by atoms with Crippen LogP contribution in [0.4, 0.5) is 0 Å². The van der Waals surface area contributed by atoms with Crippen molar-refractivity contribution in [3.8, 4) is 5.75 Å². The van der Waals surface area contributed by atoms with Gasteiger partial charge in [0.15, 0.2) is 0 Å². The summed E-state index contributed by atoms with van der Waals surface area (Å²) in [6, 6.07) is 6.95. The zero-order chi connectivity index (χ0) is 16.4. The number of benzene rings is 1. The number of ether oxygens (including phenoxy) is 2. The molecule has 2 atom stereocenters. The lowest BCUT2D eigenvalue weighted by atomic mass is 9.97. The fourth-order valence-corrected chi connectivity index (χ4v) is 1.75. The minimum Gasteiger partial charge on any atom is -0.491 e. The summed E-state index contributed by atoms with van der Waals surface area (Å²) in [6.07, 6.45) is 3.66. The molecule has 1 rings (SSSR count). The van der Waals surface area contributed by atoms with Crippen LogP contribution in [0.5, 0.6) is 5.75 Å². The molecule has 0 saturated heterocycles. The van der Waals surface area contributed by atoms with Gasteiger partial charge in [0.05, 0.1) is 12.7 Å². The van der Waals surface area contributed by atoms with Gasteiger partial charge in [-0.1, -0.05) is 37.8 Å². The van der Waals surface area contributed by atoms with Crippen molar-refractivity contribution in [3.63, 3.8) is 0 Å². The third-order valence-electron chi connectivity index (χ3n) is 2.96. The number of hydrogen-bond donors (Lipinski definition) is 2. The van der Waals surface area contributed by atoms with Crippen LogP contribution in [0.2, 0.25) is 0 Å². The normalized spacial score (nSPS) is 13.6. The van der Waals surface area contributed by atoms with E-state index in [-0.39, 0.29) is 25.7 Å². The first-order valence-corrected chi connectivity index (χ1v) is 7.06. The van der Waals surface area contributed by atoms with Crippen molar-refractivity contribution in [1.29, 1.82) is 0 Å². The highest BCUT2D eigenvalue weighted by molar-refractivity contribution is 5.82. The highest BCUT2D eigenvalue weighted by Gasteiger charge is 2.14. The predicted octanol–water partition coefficient (Wildman–Crippen LogP) is 2.01. The average Bonchev–Trinajstić information content (AvgIpc) is 2.55. The lowest BCUT2D eigenvalue weighted by Crippen LogP contribution is -2.08. The van der Waals surface area contributed by atoms with E-state index in [4.69, 9.17) is 14.6 Å². The number of rotatable bonds is 9. The van der Waals surface area contributed by atoms with E-state index in [9.17, 15) is 9.90 Å². The third-order valence-corrected chi connectivity index (χ3v) is 2.96. The Kier molecular flexibility index (Phi) is 7.96. The van der Waals surface area contributed by atoms with Gasteiger partial charge >= 0.3 is 5.97 Å². The van der Waals surface area contributed by atoms with Crippen LogP contribution in [0.25, 0.3) is 0 Å². The number of aliphatic hydroxyl groups excluding tert-OH is 2. The summed E-state index contributed by atoms with van der Waals surface area (Å²) in [7, 11) is 0. The standard InChI is InChI=1S/C17H22O5/c1-3-11-22-16(19)9-4-13(2)17(20)14-5-7-15(8-6-14)21-12-10-18/h3-9,13,17-18,20H,1,10-12H2,2H3/b9-4+/t13-,17-/m0/s1. The Balaban J connectivity index is 2.58. The minimum atomic E-state index is -0.740. The molecule has 0 heterocycles. The zero-order valence-electron chi connectivity index (χ0n) is 12.6. The van der Waals surface area contributed by atoms with Gasteiger partial charge in [-0.3, -0.25) is 0 Å². The van der Waals surface area contributed by atoms with Crippen molar-refractivity contribution in [2.24, 2.45) is 5.92 Å². The molecular formula is C17H22O5. The van der Waals surface area contributed by atoms with Gasteiger partial charge in [-0.2, -0.15) is 0 Å². The number of esters is 1. The van der Waals surface area contributed by atoms with Crippen LogP contribution in [0, 0.1) is 5.92 Å². The predicted molar refractivity (Wildman–Crippen MR) is 83.4 cm³/mol.